The number of aryl methyl sites for hydroxylation is 3. The molecule has 0 spiro atoms. The maximum Gasteiger partial charge on any atom is 0.243 e. The fourth-order valence-corrected chi connectivity index (χ4v) is 6.56. The molecule has 164 valence electrons. The molecule has 5 nitrogen and oxygen atoms in total. The molecule has 2 aromatic heterocycles. The first-order valence-corrected chi connectivity index (χ1v) is 12.4. The zero-order chi connectivity index (χ0) is 22.3. The van der Waals surface area contributed by atoms with E-state index in [-0.39, 0.29) is 0 Å². The van der Waals surface area contributed by atoms with Crippen LogP contribution in [0.15, 0.2) is 41.6 Å². The molecule has 0 fully saturated rings. The Balaban J connectivity index is 1.69. The summed E-state index contributed by atoms with van der Waals surface area (Å²) < 4.78 is 30.9. The van der Waals surface area contributed by atoms with Gasteiger partial charge in [-0.05, 0) is 80.5 Å². The van der Waals surface area contributed by atoms with Gasteiger partial charge >= 0.3 is 0 Å². The van der Waals surface area contributed by atoms with Crippen molar-refractivity contribution in [3.63, 3.8) is 0 Å². The number of sulfonamides is 1. The number of hydrogen-bond acceptors (Lipinski definition) is 3. The highest BCUT2D eigenvalue weighted by Crippen LogP contribution is 2.34. The molecule has 4 rings (SSSR count). The lowest BCUT2D eigenvalue weighted by Crippen LogP contribution is -2.35. The zero-order valence-electron chi connectivity index (χ0n) is 19.1. The maximum absolute atomic E-state index is 13.6. The highest BCUT2D eigenvalue weighted by molar-refractivity contribution is 7.89. The Hall–Kier alpha value is -2.44. The third kappa shape index (κ3) is 3.72. The molecular weight excluding hydrogens is 406 g/mol. The van der Waals surface area contributed by atoms with Crippen LogP contribution >= 0.6 is 0 Å². The second-order valence-electron chi connectivity index (χ2n) is 8.54. The lowest BCUT2D eigenvalue weighted by Gasteiger charge is -2.28. The SMILES string of the molecule is CCCn1cc(C2=CCN(S(=O)(=O)c3c(C)c(C)cc(C)c3C)CC2)c2cccnc21. The van der Waals surface area contributed by atoms with E-state index in [1.165, 1.54) is 11.1 Å². The number of aromatic nitrogens is 2. The molecule has 0 atom stereocenters. The quantitative estimate of drug-likeness (QED) is 0.554. The second-order valence-corrected chi connectivity index (χ2v) is 10.4. The normalized spacial score (nSPS) is 15.5. The Morgan fingerprint density at radius 3 is 2.42 bits per heavy atom. The van der Waals surface area contributed by atoms with Crippen LogP contribution in [0.1, 0.15) is 47.6 Å². The van der Waals surface area contributed by atoms with Crippen LogP contribution in [0.4, 0.5) is 0 Å². The summed E-state index contributed by atoms with van der Waals surface area (Å²) in [6.45, 7) is 11.8. The van der Waals surface area contributed by atoms with Crippen molar-refractivity contribution >= 4 is 26.6 Å². The lowest BCUT2D eigenvalue weighted by molar-refractivity contribution is 0.440. The van der Waals surface area contributed by atoms with Gasteiger partial charge in [-0.2, -0.15) is 4.31 Å². The zero-order valence-corrected chi connectivity index (χ0v) is 19.9. The van der Waals surface area contributed by atoms with Crippen molar-refractivity contribution in [2.45, 2.75) is 58.9 Å². The topological polar surface area (TPSA) is 55.2 Å². The molecule has 1 aromatic carbocycles. The van der Waals surface area contributed by atoms with Gasteiger partial charge in [0.2, 0.25) is 10.0 Å². The van der Waals surface area contributed by atoms with Gasteiger partial charge in [0.15, 0.2) is 0 Å². The monoisotopic (exact) mass is 437 g/mol. The third-order valence-electron chi connectivity index (χ3n) is 6.51. The minimum atomic E-state index is -3.55. The Morgan fingerprint density at radius 2 is 1.81 bits per heavy atom. The van der Waals surface area contributed by atoms with E-state index in [2.05, 4.69) is 40.9 Å². The summed E-state index contributed by atoms with van der Waals surface area (Å²) in [4.78, 5) is 5.05. The van der Waals surface area contributed by atoms with E-state index in [1.807, 2.05) is 40.0 Å². The molecule has 0 amide bonds. The van der Waals surface area contributed by atoms with Crippen molar-refractivity contribution in [1.82, 2.24) is 13.9 Å². The number of fused-ring (bicyclic) bond motifs is 1. The molecule has 1 aliphatic rings. The predicted molar refractivity (Wildman–Crippen MR) is 127 cm³/mol. The standard InChI is InChI=1S/C25H31N3O2S/c1-6-12-27-16-23(22-8-7-11-26-25(22)27)21-9-13-28(14-10-21)31(29,30)24-19(4)17(2)15-18(3)20(24)5/h7-9,11,15-16H,6,10,12-14H2,1-5H3. The number of benzene rings is 1. The molecule has 0 aliphatic carbocycles. The minimum Gasteiger partial charge on any atom is -0.332 e. The van der Waals surface area contributed by atoms with E-state index in [4.69, 9.17) is 0 Å². The molecule has 31 heavy (non-hydrogen) atoms. The molecule has 3 aromatic rings. The molecule has 0 N–H and O–H groups in total. The van der Waals surface area contributed by atoms with Crippen molar-refractivity contribution in [2.24, 2.45) is 0 Å². The van der Waals surface area contributed by atoms with Gasteiger partial charge in [0.25, 0.3) is 0 Å². The van der Waals surface area contributed by atoms with Gasteiger partial charge in [-0.3, -0.25) is 0 Å². The van der Waals surface area contributed by atoms with E-state index in [1.54, 1.807) is 4.31 Å². The smallest absolute Gasteiger partial charge is 0.243 e. The van der Waals surface area contributed by atoms with E-state index in [0.717, 1.165) is 46.3 Å². The second kappa shape index (κ2) is 8.24. The first-order chi connectivity index (χ1) is 14.8. The molecule has 0 radical (unpaired) electrons. The van der Waals surface area contributed by atoms with E-state index < -0.39 is 10.0 Å². The summed E-state index contributed by atoms with van der Waals surface area (Å²) in [5, 5.41) is 1.14. The van der Waals surface area contributed by atoms with Gasteiger partial charge < -0.3 is 4.57 Å². The molecule has 0 saturated heterocycles. The number of rotatable bonds is 5. The van der Waals surface area contributed by atoms with Crippen LogP contribution in [0.25, 0.3) is 16.6 Å². The van der Waals surface area contributed by atoms with Gasteiger partial charge in [-0.15, -0.1) is 0 Å². The van der Waals surface area contributed by atoms with Crippen molar-refractivity contribution in [2.75, 3.05) is 13.1 Å². The van der Waals surface area contributed by atoms with Crippen LogP contribution in [0.3, 0.4) is 0 Å². The fourth-order valence-electron chi connectivity index (χ4n) is 4.60. The van der Waals surface area contributed by atoms with Gasteiger partial charge in [0.1, 0.15) is 5.65 Å². The first-order valence-electron chi connectivity index (χ1n) is 11.0. The maximum atomic E-state index is 13.6. The molecule has 0 unspecified atom stereocenters. The summed E-state index contributed by atoms with van der Waals surface area (Å²) in [5.41, 5.74) is 7.12. The third-order valence-corrected chi connectivity index (χ3v) is 8.65. The van der Waals surface area contributed by atoms with Crippen molar-refractivity contribution in [3.05, 3.63) is 64.5 Å². The summed E-state index contributed by atoms with van der Waals surface area (Å²) in [6, 6.07) is 6.14. The lowest BCUT2D eigenvalue weighted by atomic mass is 10.0. The van der Waals surface area contributed by atoms with Crippen LogP contribution in [0, 0.1) is 27.7 Å². The van der Waals surface area contributed by atoms with Crippen molar-refractivity contribution < 1.29 is 8.42 Å². The summed E-state index contributed by atoms with van der Waals surface area (Å²) in [7, 11) is -3.55. The average Bonchev–Trinajstić information content (AvgIpc) is 3.11. The largest absolute Gasteiger partial charge is 0.332 e. The van der Waals surface area contributed by atoms with Crippen LogP contribution in [-0.4, -0.2) is 35.4 Å². The first kappa shape index (κ1) is 21.8. The number of pyridine rings is 1. The van der Waals surface area contributed by atoms with Crippen molar-refractivity contribution in [3.8, 4) is 0 Å². The van der Waals surface area contributed by atoms with Gasteiger partial charge in [-0.25, -0.2) is 13.4 Å². The number of nitrogens with zero attached hydrogens (tertiary/aromatic N) is 3. The minimum absolute atomic E-state index is 0.393. The average molecular weight is 438 g/mol. The highest BCUT2D eigenvalue weighted by Gasteiger charge is 2.30. The van der Waals surface area contributed by atoms with Crippen LogP contribution in [0.5, 0.6) is 0 Å². The molecular formula is C25H31N3O2S. The predicted octanol–water partition coefficient (Wildman–Crippen LogP) is 5.16. The van der Waals surface area contributed by atoms with Crippen LogP contribution < -0.4 is 0 Å². The summed E-state index contributed by atoms with van der Waals surface area (Å²) in [5.74, 6) is 0. The molecule has 6 heteroatoms. The Bertz CT molecular complexity index is 1260. The summed E-state index contributed by atoms with van der Waals surface area (Å²) >= 11 is 0. The number of hydrogen-bond donors (Lipinski definition) is 0. The van der Waals surface area contributed by atoms with Crippen LogP contribution in [0.2, 0.25) is 0 Å². The highest BCUT2D eigenvalue weighted by atomic mass is 32.2. The molecule has 3 heterocycles. The van der Waals surface area contributed by atoms with E-state index >= 15 is 0 Å². The Labute approximate surface area is 185 Å². The van der Waals surface area contributed by atoms with Crippen LogP contribution in [-0.2, 0) is 16.6 Å². The van der Waals surface area contributed by atoms with E-state index in [0.29, 0.717) is 24.4 Å². The van der Waals surface area contributed by atoms with Crippen molar-refractivity contribution in [1.29, 1.82) is 0 Å². The molecule has 0 saturated carbocycles. The Kier molecular flexibility index (Phi) is 5.79. The van der Waals surface area contributed by atoms with E-state index in [9.17, 15) is 8.42 Å². The van der Waals surface area contributed by atoms with Gasteiger partial charge in [-0.1, -0.05) is 19.1 Å². The molecule has 0 bridgehead atoms. The fraction of sp³-hybridized carbons (Fsp3) is 0.400. The van der Waals surface area contributed by atoms with Gasteiger partial charge in [0.05, 0.1) is 4.90 Å². The Morgan fingerprint density at radius 1 is 1.10 bits per heavy atom. The van der Waals surface area contributed by atoms with Gasteiger partial charge in [0, 0.05) is 43.0 Å². The molecule has 1 aliphatic heterocycles. The summed E-state index contributed by atoms with van der Waals surface area (Å²) in [6.07, 6.45) is 7.82.